The molecule has 0 aromatic heterocycles. The van der Waals surface area contributed by atoms with E-state index in [0.29, 0.717) is 18.5 Å². The molecule has 4 heteroatoms. The molecule has 4 nitrogen and oxygen atoms in total. The molecule has 1 amide bonds. The smallest absolute Gasteiger partial charge is 0.216 e. The van der Waals surface area contributed by atoms with Crippen LogP contribution in [0.15, 0.2) is 30.8 Å². The van der Waals surface area contributed by atoms with Gasteiger partial charge in [-0.1, -0.05) is 30.9 Å². The number of benzene rings is 1. The van der Waals surface area contributed by atoms with E-state index < -0.39 is 12.2 Å². The van der Waals surface area contributed by atoms with Crippen LogP contribution in [0.1, 0.15) is 30.6 Å². The fourth-order valence-corrected chi connectivity index (χ4v) is 1.65. The molecule has 0 saturated heterocycles. The molecule has 0 radical (unpaired) electrons. The Morgan fingerprint density at radius 2 is 2.22 bits per heavy atom. The van der Waals surface area contributed by atoms with E-state index in [1.165, 1.54) is 6.92 Å². The van der Waals surface area contributed by atoms with E-state index in [2.05, 4.69) is 11.9 Å². The predicted molar refractivity (Wildman–Crippen MR) is 70.8 cm³/mol. The highest BCUT2D eigenvalue weighted by molar-refractivity contribution is 5.72. The van der Waals surface area contributed by atoms with E-state index in [-0.39, 0.29) is 5.91 Å². The second-order valence-corrected chi connectivity index (χ2v) is 4.16. The Kier molecular flexibility index (Phi) is 5.55. The molecule has 1 rings (SSSR count). The van der Waals surface area contributed by atoms with Crippen LogP contribution < -0.4 is 5.32 Å². The average Bonchev–Trinajstić information content (AvgIpc) is 2.37. The second-order valence-electron chi connectivity index (χ2n) is 4.16. The van der Waals surface area contributed by atoms with E-state index in [9.17, 15) is 15.0 Å². The van der Waals surface area contributed by atoms with Crippen LogP contribution in [-0.2, 0) is 4.79 Å². The number of aliphatic hydroxyl groups is 2. The molecule has 0 saturated carbocycles. The highest BCUT2D eigenvalue weighted by Gasteiger charge is 2.18. The van der Waals surface area contributed by atoms with Crippen molar-refractivity contribution in [1.29, 1.82) is 0 Å². The van der Waals surface area contributed by atoms with E-state index in [0.717, 1.165) is 5.56 Å². The number of carbonyl (C=O) groups excluding carboxylic acids is 1. The lowest BCUT2D eigenvalue weighted by atomic mass is 10.00. The van der Waals surface area contributed by atoms with Crippen molar-refractivity contribution in [1.82, 2.24) is 5.32 Å². The average molecular weight is 249 g/mol. The molecule has 1 aromatic carbocycles. The summed E-state index contributed by atoms with van der Waals surface area (Å²) in [5.41, 5.74) is 1.53. The van der Waals surface area contributed by atoms with Gasteiger partial charge < -0.3 is 15.5 Å². The predicted octanol–water partition coefficient (Wildman–Crippen LogP) is 1.25. The minimum Gasteiger partial charge on any atom is -0.390 e. The maximum Gasteiger partial charge on any atom is 0.216 e. The maximum absolute atomic E-state index is 10.7. The Labute approximate surface area is 107 Å². The molecule has 2 atom stereocenters. The van der Waals surface area contributed by atoms with Gasteiger partial charge in [-0.2, -0.15) is 0 Å². The summed E-state index contributed by atoms with van der Waals surface area (Å²) in [6.45, 7) is 5.41. The van der Waals surface area contributed by atoms with Crippen molar-refractivity contribution < 1.29 is 15.0 Å². The maximum atomic E-state index is 10.7. The first-order valence-corrected chi connectivity index (χ1v) is 5.87. The normalized spacial score (nSPS) is 13.7. The SMILES string of the molecule is C=Cc1cccc(C(O)C(O)CCNC(C)=O)c1. The topological polar surface area (TPSA) is 69.6 Å². The highest BCUT2D eigenvalue weighted by atomic mass is 16.3. The van der Waals surface area contributed by atoms with Crippen molar-refractivity contribution in [2.45, 2.75) is 25.6 Å². The van der Waals surface area contributed by atoms with Crippen molar-refractivity contribution in [3.8, 4) is 0 Å². The molecule has 0 bridgehead atoms. The largest absolute Gasteiger partial charge is 0.390 e. The molecule has 3 N–H and O–H groups in total. The van der Waals surface area contributed by atoms with Crippen molar-refractivity contribution in [2.75, 3.05) is 6.54 Å². The summed E-state index contributed by atoms with van der Waals surface area (Å²) in [6.07, 6.45) is 0.120. The van der Waals surface area contributed by atoms with Gasteiger partial charge in [0.2, 0.25) is 5.91 Å². The second kappa shape index (κ2) is 6.93. The van der Waals surface area contributed by atoms with Gasteiger partial charge in [-0.3, -0.25) is 4.79 Å². The first-order chi connectivity index (χ1) is 8.54. The van der Waals surface area contributed by atoms with E-state index in [4.69, 9.17) is 0 Å². The van der Waals surface area contributed by atoms with Crippen LogP contribution in [-0.4, -0.2) is 28.8 Å². The summed E-state index contributed by atoms with van der Waals surface area (Å²) in [6, 6.07) is 7.20. The number of aliphatic hydroxyl groups excluding tert-OH is 2. The molecule has 0 fully saturated rings. The van der Waals surface area contributed by atoms with Gasteiger partial charge in [-0.15, -0.1) is 0 Å². The lowest BCUT2D eigenvalue weighted by molar-refractivity contribution is -0.119. The molecule has 18 heavy (non-hydrogen) atoms. The monoisotopic (exact) mass is 249 g/mol. The summed E-state index contributed by atoms with van der Waals surface area (Å²) >= 11 is 0. The van der Waals surface area contributed by atoms with Gasteiger partial charge in [-0.25, -0.2) is 0 Å². The fourth-order valence-electron chi connectivity index (χ4n) is 1.65. The van der Waals surface area contributed by atoms with Crippen LogP contribution in [0.4, 0.5) is 0 Å². The molecule has 98 valence electrons. The van der Waals surface area contributed by atoms with Crippen molar-refractivity contribution in [2.24, 2.45) is 0 Å². The molecule has 0 spiro atoms. The molecule has 0 aliphatic rings. The summed E-state index contributed by atoms with van der Waals surface area (Å²) < 4.78 is 0. The van der Waals surface area contributed by atoms with Crippen LogP contribution in [0, 0.1) is 0 Å². The van der Waals surface area contributed by atoms with Crippen LogP contribution >= 0.6 is 0 Å². The zero-order chi connectivity index (χ0) is 13.5. The Bertz CT molecular complexity index is 417. The number of carbonyl (C=O) groups is 1. The molecule has 0 aliphatic heterocycles. The zero-order valence-electron chi connectivity index (χ0n) is 10.5. The quantitative estimate of drug-likeness (QED) is 0.710. The van der Waals surface area contributed by atoms with Crippen molar-refractivity contribution in [3.63, 3.8) is 0 Å². The van der Waals surface area contributed by atoms with Gasteiger partial charge in [-0.05, 0) is 23.6 Å². The van der Waals surface area contributed by atoms with Crippen LogP contribution in [0.2, 0.25) is 0 Å². The number of hydrogen-bond acceptors (Lipinski definition) is 3. The third-order valence-corrected chi connectivity index (χ3v) is 2.67. The Morgan fingerprint density at radius 1 is 1.50 bits per heavy atom. The van der Waals surface area contributed by atoms with E-state index >= 15 is 0 Å². The Hall–Kier alpha value is -1.65. The Morgan fingerprint density at radius 3 is 2.83 bits per heavy atom. The third kappa shape index (κ3) is 4.31. The van der Waals surface area contributed by atoms with Crippen LogP contribution in [0.3, 0.4) is 0 Å². The van der Waals surface area contributed by atoms with Crippen molar-refractivity contribution in [3.05, 3.63) is 42.0 Å². The first kappa shape index (κ1) is 14.4. The lowest BCUT2D eigenvalue weighted by Crippen LogP contribution is -2.27. The molecule has 0 heterocycles. The number of rotatable bonds is 6. The standard InChI is InChI=1S/C14H19NO3/c1-3-11-5-4-6-12(9-11)14(18)13(17)7-8-15-10(2)16/h3-6,9,13-14,17-18H,1,7-8H2,2H3,(H,15,16). The van der Waals surface area contributed by atoms with Gasteiger partial charge in [0.25, 0.3) is 0 Å². The molecule has 0 aliphatic carbocycles. The minimum atomic E-state index is -0.960. The number of amides is 1. The summed E-state index contributed by atoms with van der Waals surface area (Å²) in [5, 5.41) is 22.4. The van der Waals surface area contributed by atoms with Crippen LogP contribution in [0.5, 0.6) is 0 Å². The van der Waals surface area contributed by atoms with Gasteiger partial charge in [0.1, 0.15) is 6.10 Å². The van der Waals surface area contributed by atoms with Gasteiger partial charge in [0.05, 0.1) is 6.10 Å². The van der Waals surface area contributed by atoms with E-state index in [1.807, 2.05) is 6.07 Å². The minimum absolute atomic E-state index is 0.148. The molecule has 2 unspecified atom stereocenters. The molecule has 1 aromatic rings. The molecular formula is C14H19NO3. The van der Waals surface area contributed by atoms with Gasteiger partial charge >= 0.3 is 0 Å². The summed E-state index contributed by atoms with van der Waals surface area (Å²) in [5.74, 6) is -0.148. The fraction of sp³-hybridized carbons (Fsp3) is 0.357. The van der Waals surface area contributed by atoms with Gasteiger partial charge in [0.15, 0.2) is 0 Å². The zero-order valence-corrected chi connectivity index (χ0v) is 10.5. The number of hydrogen-bond donors (Lipinski definition) is 3. The lowest BCUT2D eigenvalue weighted by Gasteiger charge is -2.18. The summed E-state index contributed by atoms with van der Waals surface area (Å²) in [7, 11) is 0. The van der Waals surface area contributed by atoms with Crippen molar-refractivity contribution >= 4 is 12.0 Å². The highest BCUT2D eigenvalue weighted by Crippen LogP contribution is 2.20. The number of nitrogens with one attached hydrogen (secondary N) is 1. The first-order valence-electron chi connectivity index (χ1n) is 5.87. The molecular weight excluding hydrogens is 230 g/mol. The van der Waals surface area contributed by atoms with Crippen LogP contribution in [0.25, 0.3) is 6.08 Å². The summed E-state index contributed by atoms with van der Waals surface area (Å²) in [4.78, 5) is 10.7. The third-order valence-electron chi connectivity index (χ3n) is 2.67. The Balaban J connectivity index is 2.58. The van der Waals surface area contributed by atoms with E-state index in [1.54, 1.807) is 24.3 Å². The van der Waals surface area contributed by atoms with Gasteiger partial charge in [0, 0.05) is 13.5 Å².